The van der Waals surface area contributed by atoms with Gasteiger partial charge in [-0.3, -0.25) is 4.90 Å². The summed E-state index contributed by atoms with van der Waals surface area (Å²) in [4.78, 5) is 1.75. The Labute approximate surface area is 107 Å². The first-order chi connectivity index (χ1) is 8.43. The molecule has 0 amide bonds. The van der Waals surface area contributed by atoms with Gasteiger partial charge < -0.3 is 5.73 Å². The molecule has 1 heterocycles. The van der Waals surface area contributed by atoms with Crippen molar-refractivity contribution in [3.63, 3.8) is 0 Å². The van der Waals surface area contributed by atoms with Crippen molar-refractivity contribution in [3.05, 3.63) is 35.4 Å². The number of likely N-dealkylation sites (N-methyl/N-ethyl adjacent to an activating group) is 1. The highest BCUT2D eigenvalue weighted by atomic mass is 19.3. The van der Waals surface area contributed by atoms with Crippen LogP contribution in [-0.4, -0.2) is 24.5 Å². The highest BCUT2D eigenvalue weighted by Crippen LogP contribution is 2.39. The maximum Gasteiger partial charge on any atom is 0.288 e. The van der Waals surface area contributed by atoms with Gasteiger partial charge in [0.05, 0.1) is 6.04 Å². The number of benzene rings is 1. The van der Waals surface area contributed by atoms with Crippen molar-refractivity contribution in [3.8, 4) is 0 Å². The van der Waals surface area contributed by atoms with Gasteiger partial charge in [0.25, 0.3) is 5.92 Å². The molecule has 0 bridgehead atoms. The van der Waals surface area contributed by atoms with Crippen LogP contribution in [0.25, 0.3) is 0 Å². The van der Waals surface area contributed by atoms with Gasteiger partial charge in [0.2, 0.25) is 0 Å². The van der Waals surface area contributed by atoms with Crippen LogP contribution in [0.1, 0.15) is 36.9 Å². The van der Waals surface area contributed by atoms with E-state index in [4.69, 9.17) is 5.73 Å². The van der Waals surface area contributed by atoms with E-state index in [1.807, 2.05) is 0 Å². The van der Waals surface area contributed by atoms with E-state index >= 15 is 0 Å². The molecule has 1 fully saturated rings. The minimum absolute atomic E-state index is 0.0797. The van der Waals surface area contributed by atoms with E-state index in [9.17, 15) is 8.78 Å². The maximum absolute atomic E-state index is 14.5. The van der Waals surface area contributed by atoms with Gasteiger partial charge in [0, 0.05) is 11.6 Å². The molecule has 0 aromatic heterocycles. The van der Waals surface area contributed by atoms with Gasteiger partial charge in [0.1, 0.15) is 0 Å². The quantitative estimate of drug-likeness (QED) is 0.898. The first kappa shape index (κ1) is 13.4. The fourth-order valence-corrected chi connectivity index (χ4v) is 2.59. The van der Waals surface area contributed by atoms with Crippen molar-refractivity contribution in [2.24, 2.45) is 5.73 Å². The van der Waals surface area contributed by atoms with Crippen LogP contribution in [0.4, 0.5) is 8.78 Å². The van der Waals surface area contributed by atoms with Gasteiger partial charge in [-0.2, -0.15) is 8.78 Å². The Morgan fingerprint density at radius 3 is 2.72 bits per heavy atom. The monoisotopic (exact) mass is 254 g/mol. The van der Waals surface area contributed by atoms with Crippen molar-refractivity contribution in [2.45, 2.75) is 37.8 Å². The average Bonchev–Trinajstić information content (AvgIpc) is 2.76. The Kier molecular flexibility index (Phi) is 3.69. The smallest absolute Gasteiger partial charge is 0.288 e. The Morgan fingerprint density at radius 1 is 1.44 bits per heavy atom. The Morgan fingerprint density at radius 2 is 2.17 bits per heavy atom. The van der Waals surface area contributed by atoms with Crippen LogP contribution in [0, 0.1) is 0 Å². The molecule has 0 spiro atoms. The topological polar surface area (TPSA) is 29.3 Å². The van der Waals surface area contributed by atoms with Crippen LogP contribution < -0.4 is 5.73 Å². The average molecular weight is 254 g/mol. The van der Waals surface area contributed by atoms with E-state index in [-0.39, 0.29) is 11.6 Å². The van der Waals surface area contributed by atoms with Crippen LogP contribution in [0.2, 0.25) is 0 Å². The predicted octanol–water partition coefficient (Wildman–Crippen LogP) is 2.89. The summed E-state index contributed by atoms with van der Waals surface area (Å²) in [5, 5.41) is 0. The molecule has 0 saturated carbocycles. The summed E-state index contributed by atoms with van der Waals surface area (Å²) in [6.07, 6.45) is 1.38. The van der Waals surface area contributed by atoms with Gasteiger partial charge in [-0.15, -0.1) is 0 Å². The molecule has 1 aromatic rings. The standard InChI is InChI=1S/C14H20F2N2/c1-10(17)11-5-3-6-12(9-11)14(15,16)13-7-4-8-18(13)2/h3,5-6,9-10,13H,4,7-8,17H2,1-2H3. The molecule has 0 radical (unpaired) electrons. The summed E-state index contributed by atoms with van der Waals surface area (Å²) in [5.41, 5.74) is 6.59. The lowest BCUT2D eigenvalue weighted by Crippen LogP contribution is -2.39. The van der Waals surface area contributed by atoms with E-state index in [2.05, 4.69) is 0 Å². The van der Waals surface area contributed by atoms with Crippen LogP contribution in [0.3, 0.4) is 0 Å². The largest absolute Gasteiger partial charge is 0.324 e. The molecule has 18 heavy (non-hydrogen) atoms. The summed E-state index contributed by atoms with van der Waals surface area (Å²) in [7, 11) is 1.76. The lowest BCUT2D eigenvalue weighted by molar-refractivity contribution is -0.0696. The second kappa shape index (κ2) is 4.94. The molecule has 100 valence electrons. The lowest BCUT2D eigenvalue weighted by Gasteiger charge is -2.29. The predicted molar refractivity (Wildman–Crippen MR) is 68.6 cm³/mol. The second-order valence-corrected chi connectivity index (χ2v) is 5.18. The molecule has 2 rings (SSSR count). The van der Waals surface area contributed by atoms with Crippen LogP contribution in [-0.2, 0) is 5.92 Å². The molecule has 1 saturated heterocycles. The molecule has 2 unspecified atom stereocenters. The Bertz CT molecular complexity index is 418. The fraction of sp³-hybridized carbons (Fsp3) is 0.571. The molecule has 1 aromatic carbocycles. The summed E-state index contributed by atoms with van der Waals surface area (Å²) >= 11 is 0. The van der Waals surface area contributed by atoms with E-state index in [0.717, 1.165) is 18.5 Å². The first-order valence-electron chi connectivity index (χ1n) is 6.37. The fourth-order valence-electron chi connectivity index (χ4n) is 2.59. The maximum atomic E-state index is 14.5. The molecule has 1 aliphatic heterocycles. The first-order valence-corrected chi connectivity index (χ1v) is 6.37. The third kappa shape index (κ3) is 2.40. The highest BCUT2D eigenvalue weighted by Gasteiger charge is 2.45. The van der Waals surface area contributed by atoms with Crippen LogP contribution in [0.5, 0.6) is 0 Å². The molecular weight excluding hydrogens is 234 g/mol. The lowest BCUT2D eigenvalue weighted by atomic mass is 9.96. The van der Waals surface area contributed by atoms with Crippen LogP contribution >= 0.6 is 0 Å². The summed E-state index contributed by atoms with van der Waals surface area (Å²) in [5.74, 6) is -2.81. The van der Waals surface area contributed by atoms with E-state index in [1.54, 1.807) is 31.0 Å². The van der Waals surface area contributed by atoms with E-state index in [0.29, 0.717) is 6.42 Å². The molecule has 2 atom stereocenters. The SMILES string of the molecule is CC(N)c1cccc(C(F)(F)C2CCCN2C)c1. The van der Waals surface area contributed by atoms with Crippen molar-refractivity contribution >= 4 is 0 Å². The highest BCUT2D eigenvalue weighted by molar-refractivity contribution is 5.30. The summed E-state index contributed by atoms with van der Waals surface area (Å²) < 4.78 is 28.9. The van der Waals surface area contributed by atoms with Crippen molar-refractivity contribution in [1.82, 2.24) is 4.90 Å². The third-order valence-corrected chi connectivity index (χ3v) is 3.74. The van der Waals surface area contributed by atoms with Gasteiger partial charge in [-0.1, -0.05) is 18.2 Å². The van der Waals surface area contributed by atoms with Gasteiger partial charge in [-0.25, -0.2) is 0 Å². The van der Waals surface area contributed by atoms with Crippen molar-refractivity contribution in [2.75, 3.05) is 13.6 Å². The molecular formula is C14H20F2N2. The van der Waals surface area contributed by atoms with Crippen molar-refractivity contribution < 1.29 is 8.78 Å². The summed E-state index contributed by atoms with van der Waals surface area (Å²) in [6.45, 7) is 2.55. The molecule has 2 N–H and O–H groups in total. The minimum Gasteiger partial charge on any atom is -0.324 e. The zero-order chi connectivity index (χ0) is 13.3. The number of hydrogen-bond acceptors (Lipinski definition) is 2. The number of alkyl halides is 2. The molecule has 2 nitrogen and oxygen atoms in total. The zero-order valence-electron chi connectivity index (χ0n) is 10.9. The number of rotatable bonds is 3. The minimum atomic E-state index is -2.81. The van der Waals surface area contributed by atoms with Gasteiger partial charge >= 0.3 is 0 Å². The van der Waals surface area contributed by atoms with E-state index < -0.39 is 12.0 Å². The number of likely N-dealkylation sites (tertiary alicyclic amines) is 1. The van der Waals surface area contributed by atoms with E-state index in [1.165, 1.54) is 12.1 Å². The number of halogens is 2. The second-order valence-electron chi connectivity index (χ2n) is 5.18. The Hall–Kier alpha value is -1.00. The summed E-state index contributed by atoms with van der Waals surface area (Å²) in [6, 6.07) is 5.58. The third-order valence-electron chi connectivity index (χ3n) is 3.74. The van der Waals surface area contributed by atoms with Crippen molar-refractivity contribution in [1.29, 1.82) is 0 Å². The van der Waals surface area contributed by atoms with Gasteiger partial charge in [0.15, 0.2) is 0 Å². The number of nitrogens with two attached hydrogens (primary N) is 1. The normalized spacial score (nSPS) is 23.3. The number of hydrogen-bond donors (Lipinski definition) is 1. The molecule has 1 aliphatic rings. The molecule has 0 aliphatic carbocycles. The zero-order valence-corrected chi connectivity index (χ0v) is 10.9. The van der Waals surface area contributed by atoms with Gasteiger partial charge in [-0.05, 0) is 45.0 Å². The number of nitrogens with zero attached hydrogens (tertiary/aromatic N) is 1. The van der Waals surface area contributed by atoms with Crippen LogP contribution in [0.15, 0.2) is 24.3 Å². The Balaban J connectivity index is 2.31. The molecule has 4 heteroatoms.